The van der Waals surface area contributed by atoms with Crippen molar-refractivity contribution in [3.8, 4) is 0 Å². The van der Waals surface area contributed by atoms with E-state index < -0.39 is 0 Å². The zero-order chi connectivity index (χ0) is 8.60. The summed E-state index contributed by atoms with van der Waals surface area (Å²) in [4.78, 5) is 0. The predicted octanol–water partition coefficient (Wildman–Crippen LogP) is 0.745. The minimum Gasteiger partial charge on any atom is -0.376 e. The Labute approximate surface area is 72.3 Å². The van der Waals surface area contributed by atoms with Crippen LogP contribution in [0.4, 0.5) is 0 Å². The highest BCUT2D eigenvalue weighted by Gasteiger charge is 2.52. The molecule has 2 rings (SSSR count). The van der Waals surface area contributed by atoms with Gasteiger partial charge in [0.25, 0.3) is 0 Å². The first-order valence-corrected chi connectivity index (χ1v) is 4.24. The molecule has 0 aliphatic carbocycles. The first-order valence-electron chi connectivity index (χ1n) is 4.24. The van der Waals surface area contributed by atoms with Crippen molar-refractivity contribution < 1.29 is 14.2 Å². The van der Waals surface area contributed by atoms with Gasteiger partial charge in [0, 0.05) is 13.5 Å². The van der Waals surface area contributed by atoms with Gasteiger partial charge in [0.1, 0.15) is 17.8 Å². The Kier molecular flexibility index (Phi) is 1.94. The molecule has 0 saturated carbocycles. The summed E-state index contributed by atoms with van der Waals surface area (Å²) in [7, 11) is 1.69. The van der Waals surface area contributed by atoms with Gasteiger partial charge in [-0.1, -0.05) is 6.08 Å². The summed E-state index contributed by atoms with van der Waals surface area (Å²) in [6.07, 6.45) is 2.88. The molecule has 3 unspecified atom stereocenters. The van der Waals surface area contributed by atoms with E-state index >= 15 is 0 Å². The summed E-state index contributed by atoms with van der Waals surface area (Å²) < 4.78 is 16.5. The largest absolute Gasteiger partial charge is 0.376 e. The van der Waals surface area contributed by atoms with Gasteiger partial charge in [0.2, 0.25) is 0 Å². The molecule has 3 heteroatoms. The number of ether oxygens (including phenoxy) is 3. The zero-order valence-corrected chi connectivity index (χ0v) is 7.29. The lowest BCUT2D eigenvalue weighted by Gasteiger charge is -2.22. The van der Waals surface area contributed by atoms with Gasteiger partial charge in [-0.2, -0.15) is 0 Å². The molecule has 2 heterocycles. The van der Waals surface area contributed by atoms with Crippen molar-refractivity contribution in [1.29, 1.82) is 0 Å². The molecule has 2 aliphatic rings. The molecule has 12 heavy (non-hydrogen) atoms. The number of fused-ring (bicyclic) bond motifs is 1. The van der Waals surface area contributed by atoms with Crippen molar-refractivity contribution >= 4 is 0 Å². The fourth-order valence-corrected chi connectivity index (χ4v) is 2.00. The zero-order valence-electron chi connectivity index (χ0n) is 7.29. The second-order valence-corrected chi connectivity index (χ2v) is 3.29. The maximum absolute atomic E-state index is 5.65. The molecule has 0 aromatic carbocycles. The lowest BCUT2D eigenvalue weighted by molar-refractivity contribution is -0.0148. The Bertz CT molecular complexity index is 192. The maximum Gasteiger partial charge on any atom is 0.118 e. The van der Waals surface area contributed by atoms with Gasteiger partial charge in [-0.3, -0.25) is 0 Å². The molecule has 3 nitrogen and oxygen atoms in total. The topological polar surface area (TPSA) is 27.7 Å². The van der Waals surface area contributed by atoms with Crippen LogP contribution in [0.3, 0.4) is 0 Å². The van der Waals surface area contributed by atoms with Crippen molar-refractivity contribution in [3.05, 3.63) is 12.7 Å². The van der Waals surface area contributed by atoms with Gasteiger partial charge >= 0.3 is 0 Å². The van der Waals surface area contributed by atoms with Crippen LogP contribution in [-0.4, -0.2) is 38.1 Å². The minimum absolute atomic E-state index is 0.0556. The third-order valence-corrected chi connectivity index (χ3v) is 2.77. The van der Waals surface area contributed by atoms with Gasteiger partial charge in [-0.15, -0.1) is 6.58 Å². The monoisotopic (exact) mass is 170 g/mol. The van der Waals surface area contributed by atoms with Crippen LogP contribution in [-0.2, 0) is 14.2 Å². The van der Waals surface area contributed by atoms with Gasteiger partial charge in [-0.25, -0.2) is 0 Å². The third kappa shape index (κ3) is 0.937. The molecule has 2 saturated heterocycles. The van der Waals surface area contributed by atoms with Crippen LogP contribution >= 0.6 is 0 Å². The van der Waals surface area contributed by atoms with E-state index in [9.17, 15) is 0 Å². The number of hydrogen-bond donors (Lipinski definition) is 0. The molecule has 2 aliphatic heterocycles. The van der Waals surface area contributed by atoms with E-state index in [0.717, 1.165) is 13.0 Å². The van der Waals surface area contributed by atoms with Gasteiger partial charge in [-0.05, 0) is 0 Å². The second kappa shape index (κ2) is 2.83. The third-order valence-electron chi connectivity index (χ3n) is 2.77. The molecule has 0 amide bonds. The Morgan fingerprint density at radius 3 is 3.17 bits per heavy atom. The van der Waals surface area contributed by atoms with Crippen molar-refractivity contribution in [1.82, 2.24) is 0 Å². The molecule has 0 aromatic rings. The molecule has 2 fully saturated rings. The van der Waals surface area contributed by atoms with E-state index in [1.54, 1.807) is 7.11 Å². The second-order valence-electron chi connectivity index (χ2n) is 3.29. The van der Waals surface area contributed by atoms with Gasteiger partial charge in [0.05, 0.1) is 13.2 Å². The Balaban J connectivity index is 2.19. The molecule has 0 aromatic heterocycles. The molecule has 0 N–H and O–H groups in total. The van der Waals surface area contributed by atoms with Crippen molar-refractivity contribution in [2.45, 2.75) is 24.2 Å². The van der Waals surface area contributed by atoms with Crippen LogP contribution in [0.25, 0.3) is 0 Å². The predicted molar refractivity (Wildman–Crippen MR) is 44.0 cm³/mol. The quantitative estimate of drug-likeness (QED) is 0.572. The van der Waals surface area contributed by atoms with Crippen LogP contribution in [0.15, 0.2) is 12.7 Å². The highest BCUT2D eigenvalue weighted by Crippen LogP contribution is 2.39. The Morgan fingerprint density at radius 2 is 2.50 bits per heavy atom. The van der Waals surface area contributed by atoms with Crippen LogP contribution in [0.2, 0.25) is 0 Å². The van der Waals surface area contributed by atoms with E-state index in [1.165, 1.54) is 0 Å². The summed E-state index contributed by atoms with van der Waals surface area (Å²) in [5.74, 6) is 0. The minimum atomic E-state index is -0.263. The van der Waals surface area contributed by atoms with E-state index in [2.05, 4.69) is 6.58 Å². The lowest BCUT2D eigenvalue weighted by Crippen LogP contribution is -2.37. The van der Waals surface area contributed by atoms with Crippen molar-refractivity contribution in [2.24, 2.45) is 0 Å². The average molecular weight is 170 g/mol. The van der Waals surface area contributed by atoms with Gasteiger partial charge in [0.15, 0.2) is 0 Å². The van der Waals surface area contributed by atoms with Crippen LogP contribution in [0.1, 0.15) is 6.42 Å². The SMILES string of the molecule is C=CC12CCOC1C(OC)CO2. The molecule has 0 bridgehead atoms. The van der Waals surface area contributed by atoms with Crippen molar-refractivity contribution in [2.75, 3.05) is 20.3 Å². The summed E-state index contributed by atoms with van der Waals surface area (Å²) >= 11 is 0. The fourth-order valence-electron chi connectivity index (χ4n) is 2.00. The van der Waals surface area contributed by atoms with E-state index in [0.29, 0.717) is 6.61 Å². The first kappa shape index (κ1) is 8.23. The summed E-state index contributed by atoms with van der Waals surface area (Å²) in [5, 5.41) is 0. The molecular weight excluding hydrogens is 156 g/mol. The molecule has 3 atom stereocenters. The van der Waals surface area contributed by atoms with Gasteiger partial charge < -0.3 is 14.2 Å². The standard InChI is InChI=1S/C9H14O3/c1-3-9-4-5-11-8(9)7(10-2)6-12-9/h3,7-8H,1,4-6H2,2H3. The highest BCUT2D eigenvalue weighted by molar-refractivity contribution is 5.12. The first-order chi connectivity index (χ1) is 5.82. The molecule has 0 radical (unpaired) electrons. The van der Waals surface area contributed by atoms with Crippen LogP contribution < -0.4 is 0 Å². The molecular formula is C9H14O3. The smallest absolute Gasteiger partial charge is 0.118 e. The Hall–Kier alpha value is -0.380. The summed E-state index contributed by atoms with van der Waals surface area (Å²) in [6, 6.07) is 0. The van der Waals surface area contributed by atoms with E-state index in [4.69, 9.17) is 14.2 Å². The van der Waals surface area contributed by atoms with E-state index in [-0.39, 0.29) is 17.8 Å². The number of rotatable bonds is 2. The summed E-state index contributed by atoms with van der Waals surface area (Å²) in [5.41, 5.74) is -0.263. The normalized spacial score (nSPS) is 46.1. The lowest BCUT2D eigenvalue weighted by atomic mass is 9.95. The Morgan fingerprint density at radius 1 is 1.67 bits per heavy atom. The molecule has 68 valence electrons. The van der Waals surface area contributed by atoms with E-state index in [1.807, 2.05) is 6.08 Å². The van der Waals surface area contributed by atoms with Crippen LogP contribution in [0.5, 0.6) is 0 Å². The fraction of sp³-hybridized carbons (Fsp3) is 0.778. The molecule has 0 spiro atoms. The number of hydrogen-bond acceptors (Lipinski definition) is 3. The number of methoxy groups -OCH3 is 1. The van der Waals surface area contributed by atoms with Crippen LogP contribution in [0, 0.1) is 0 Å². The average Bonchev–Trinajstić information content (AvgIpc) is 2.61. The summed E-state index contributed by atoms with van der Waals surface area (Å²) in [6.45, 7) is 5.15. The van der Waals surface area contributed by atoms with Crippen molar-refractivity contribution in [3.63, 3.8) is 0 Å². The maximum atomic E-state index is 5.65. The highest BCUT2D eigenvalue weighted by atomic mass is 16.6.